The number of hydrogen-bond donors (Lipinski definition) is 0. The van der Waals surface area contributed by atoms with Gasteiger partial charge in [0.15, 0.2) is 6.29 Å². The summed E-state index contributed by atoms with van der Waals surface area (Å²) in [4.78, 5) is 0. The third-order valence-corrected chi connectivity index (χ3v) is 2.00. The van der Waals surface area contributed by atoms with Crippen molar-refractivity contribution in [2.45, 2.75) is 31.7 Å². The van der Waals surface area contributed by atoms with Crippen LogP contribution in [0.1, 0.15) is 19.3 Å². The third kappa shape index (κ3) is 2.43. The number of methoxy groups -OCH3 is 2. The highest BCUT2D eigenvalue weighted by Crippen LogP contribution is 2.16. The Bertz CT molecular complexity index is 93.5. The highest BCUT2D eigenvalue weighted by Gasteiger charge is 2.23. The van der Waals surface area contributed by atoms with Crippen LogP contribution in [0.4, 0.5) is 0 Å². The van der Waals surface area contributed by atoms with E-state index < -0.39 is 0 Å². The van der Waals surface area contributed by atoms with Crippen LogP contribution >= 0.6 is 0 Å². The van der Waals surface area contributed by atoms with Crippen LogP contribution in [0.2, 0.25) is 0 Å². The molecule has 0 bridgehead atoms. The number of hydrogen-bond acceptors (Lipinski definition) is 3. The lowest BCUT2D eigenvalue weighted by Gasteiger charge is -2.21. The minimum Gasteiger partial charge on any atom is -0.376 e. The summed E-state index contributed by atoms with van der Waals surface area (Å²) < 4.78 is 15.8. The van der Waals surface area contributed by atoms with E-state index in [0.717, 1.165) is 19.4 Å². The van der Waals surface area contributed by atoms with Crippen molar-refractivity contribution in [2.24, 2.45) is 0 Å². The minimum absolute atomic E-state index is 0.113. The van der Waals surface area contributed by atoms with Crippen LogP contribution in [-0.4, -0.2) is 33.2 Å². The van der Waals surface area contributed by atoms with Crippen molar-refractivity contribution < 1.29 is 14.2 Å². The fraction of sp³-hybridized carbons (Fsp3) is 1.00. The largest absolute Gasteiger partial charge is 0.376 e. The maximum absolute atomic E-state index is 5.41. The van der Waals surface area contributed by atoms with Crippen LogP contribution in [0.25, 0.3) is 0 Å². The van der Waals surface area contributed by atoms with Gasteiger partial charge in [-0.1, -0.05) is 0 Å². The second-order valence-corrected chi connectivity index (χ2v) is 2.74. The van der Waals surface area contributed by atoms with Gasteiger partial charge in [-0.25, -0.2) is 0 Å². The predicted octanol–water partition coefficient (Wildman–Crippen LogP) is 1.17. The first kappa shape index (κ1) is 8.97. The van der Waals surface area contributed by atoms with Crippen molar-refractivity contribution in [1.29, 1.82) is 0 Å². The third-order valence-electron chi connectivity index (χ3n) is 2.00. The minimum atomic E-state index is -0.164. The molecule has 0 N–H and O–H groups in total. The molecule has 2 atom stereocenters. The fourth-order valence-electron chi connectivity index (χ4n) is 1.34. The molecule has 1 rings (SSSR count). The molecule has 1 aliphatic rings. The Hall–Kier alpha value is -0.120. The van der Waals surface area contributed by atoms with E-state index >= 15 is 0 Å². The fourth-order valence-corrected chi connectivity index (χ4v) is 1.34. The van der Waals surface area contributed by atoms with Crippen molar-refractivity contribution in [2.75, 3.05) is 20.8 Å². The zero-order valence-corrected chi connectivity index (χ0v) is 7.21. The first-order chi connectivity index (χ1) is 5.38. The summed E-state index contributed by atoms with van der Waals surface area (Å²) in [5, 5.41) is 0. The Labute approximate surface area is 67.6 Å². The standard InChI is InChI=1S/C8H16O3/c1-9-7-5-3-4-6-11-8(7)10-2/h7-8H,3-6H2,1-2H3. The Balaban J connectivity index is 2.41. The molecule has 0 saturated carbocycles. The van der Waals surface area contributed by atoms with E-state index in [1.807, 2.05) is 0 Å². The Morgan fingerprint density at radius 1 is 1.18 bits per heavy atom. The predicted molar refractivity (Wildman–Crippen MR) is 41.4 cm³/mol. The molecule has 1 aliphatic heterocycles. The molecule has 1 saturated heterocycles. The lowest BCUT2D eigenvalue weighted by atomic mass is 10.2. The van der Waals surface area contributed by atoms with Gasteiger partial charge in [0, 0.05) is 20.8 Å². The smallest absolute Gasteiger partial charge is 0.183 e. The summed E-state index contributed by atoms with van der Waals surface area (Å²) in [6.45, 7) is 0.790. The van der Waals surface area contributed by atoms with Crippen molar-refractivity contribution in [1.82, 2.24) is 0 Å². The summed E-state index contributed by atoms with van der Waals surface area (Å²) in [5.41, 5.74) is 0. The van der Waals surface area contributed by atoms with Gasteiger partial charge in [0.2, 0.25) is 0 Å². The molecule has 1 heterocycles. The molecule has 0 radical (unpaired) electrons. The quantitative estimate of drug-likeness (QED) is 0.607. The van der Waals surface area contributed by atoms with Crippen molar-refractivity contribution in [3.8, 4) is 0 Å². The average Bonchev–Trinajstić information content (AvgIpc) is 2.27. The molecule has 3 heteroatoms. The van der Waals surface area contributed by atoms with Gasteiger partial charge in [-0.2, -0.15) is 0 Å². The van der Waals surface area contributed by atoms with Gasteiger partial charge in [0.25, 0.3) is 0 Å². The molecule has 2 unspecified atom stereocenters. The summed E-state index contributed by atoms with van der Waals surface area (Å²) in [5.74, 6) is 0. The van der Waals surface area contributed by atoms with Gasteiger partial charge in [0.1, 0.15) is 6.10 Å². The van der Waals surface area contributed by atoms with Crippen LogP contribution in [-0.2, 0) is 14.2 Å². The Morgan fingerprint density at radius 3 is 2.64 bits per heavy atom. The molecular formula is C8H16O3. The normalized spacial score (nSPS) is 33.3. The molecule has 66 valence electrons. The van der Waals surface area contributed by atoms with Crippen LogP contribution in [0.3, 0.4) is 0 Å². The van der Waals surface area contributed by atoms with Crippen LogP contribution in [0, 0.1) is 0 Å². The monoisotopic (exact) mass is 160 g/mol. The second kappa shape index (κ2) is 4.70. The van der Waals surface area contributed by atoms with Crippen LogP contribution < -0.4 is 0 Å². The van der Waals surface area contributed by atoms with E-state index in [4.69, 9.17) is 14.2 Å². The zero-order valence-electron chi connectivity index (χ0n) is 7.21. The average molecular weight is 160 g/mol. The van der Waals surface area contributed by atoms with Crippen molar-refractivity contribution >= 4 is 0 Å². The molecule has 0 aromatic rings. The second-order valence-electron chi connectivity index (χ2n) is 2.74. The van der Waals surface area contributed by atoms with Gasteiger partial charge >= 0.3 is 0 Å². The lowest BCUT2D eigenvalue weighted by molar-refractivity contribution is -0.180. The summed E-state index contributed by atoms with van der Waals surface area (Å²) >= 11 is 0. The Kier molecular flexibility index (Phi) is 3.83. The van der Waals surface area contributed by atoms with Crippen molar-refractivity contribution in [3.63, 3.8) is 0 Å². The highest BCUT2D eigenvalue weighted by atomic mass is 16.7. The SMILES string of the molecule is COC1CCCCOC1OC. The molecule has 0 aliphatic carbocycles. The summed E-state index contributed by atoms with van der Waals surface area (Å²) in [6, 6.07) is 0. The molecule has 1 fully saturated rings. The van der Waals surface area contributed by atoms with E-state index in [1.54, 1.807) is 14.2 Å². The molecule has 3 nitrogen and oxygen atoms in total. The van der Waals surface area contributed by atoms with Gasteiger partial charge in [-0.05, 0) is 19.3 Å². The molecule has 0 aromatic carbocycles. The van der Waals surface area contributed by atoms with E-state index in [1.165, 1.54) is 6.42 Å². The van der Waals surface area contributed by atoms with Crippen molar-refractivity contribution in [3.05, 3.63) is 0 Å². The summed E-state index contributed by atoms with van der Waals surface area (Å²) in [7, 11) is 3.35. The van der Waals surface area contributed by atoms with Gasteiger partial charge in [-0.3, -0.25) is 0 Å². The maximum atomic E-state index is 5.41. The molecule has 0 spiro atoms. The van der Waals surface area contributed by atoms with Gasteiger partial charge < -0.3 is 14.2 Å². The van der Waals surface area contributed by atoms with Gasteiger partial charge in [-0.15, -0.1) is 0 Å². The number of rotatable bonds is 2. The molecule has 0 amide bonds. The first-order valence-corrected chi connectivity index (χ1v) is 4.05. The Morgan fingerprint density at radius 2 is 2.00 bits per heavy atom. The van der Waals surface area contributed by atoms with Gasteiger partial charge in [0.05, 0.1) is 0 Å². The van der Waals surface area contributed by atoms with E-state index in [0.29, 0.717) is 0 Å². The van der Waals surface area contributed by atoms with E-state index in [2.05, 4.69) is 0 Å². The topological polar surface area (TPSA) is 27.7 Å². The lowest BCUT2D eigenvalue weighted by Crippen LogP contribution is -2.30. The maximum Gasteiger partial charge on any atom is 0.183 e. The molecule has 11 heavy (non-hydrogen) atoms. The molecule has 0 aromatic heterocycles. The first-order valence-electron chi connectivity index (χ1n) is 4.05. The van der Waals surface area contributed by atoms with E-state index in [-0.39, 0.29) is 12.4 Å². The summed E-state index contributed by atoms with van der Waals surface area (Å²) in [6.07, 6.45) is 3.26. The van der Waals surface area contributed by atoms with E-state index in [9.17, 15) is 0 Å². The molecular weight excluding hydrogens is 144 g/mol. The highest BCUT2D eigenvalue weighted by molar-refractivity contribution is 4.65. The zero-order chi connectivity index (χ0) is 8.10. The van der Waals surface area contributed by atoms with Crippen LogP contribution in [0.5, 0.6) is 0 Å². The number of ether oxygens (including phenoxy) is 3. The van der Waals surface area contributed by atoms with Crippen LogP contribution in [0.15, 0.2) is 0 Å².